The van der Waals surface area contributed by atoms with Crippen molar-refractivity contribution < 1.29 is 13.2 Å². The summed E-state index contributed by atoms with van der Waals surface area (Å²) in [7, 11) is 0.419. The standard InChI is InChI=1S/C24H29ClN4O3S/c1-29(2)12-6-9-19-15-27-23(16-26-19)28-24(30)20(13-17-7-4-5-8-17)18-10-11-22(21(25)14-18)33(3,31)32/h10-11,14-17,20H,4-5,7-8,12-13H2,1-3H3,(H,27,28,30)/t20-/m1/s1. The number of hydrogen-bond donors (Lipinski definition) is 1. The van der Waals surface area contributed by atoms with Crippen LogP contribution in [0, 0.1) is 17.8 Å². The second kappa shape index (κ2) is 11.1. The second-order valence-corrected chi connectivity index (χ2v) is 11.1. The number of nitrogens with one attached hydrogen (secondary N) is 1. The van der Waals surface area contributed by atoms with Crippen LogP contribution in [0.3, 0.4) is 0 Å². The molecule has 1 saturated carbocycles. The summed E-state index contributed by atoms with van der Waals surface area (Å²) < 4.78 is 23.8. The maximum atomic E-state index is 13.3. The predicted molar refractivity (Wildman–Crippen MR) is 130 cm³/mol. The molecule has 9 heteroatoms. The van der Waals surface area contributed by atoms with E-state index < -0.39 is 15.8 Å². The van der Waals surface area contributed by atoms with Gasteiger partial charge in [-0.2, -0.15) is 0 Å². The van der Waals surface area contributed by atoms with Crippen molar-refractivity contribution in [3.63, 3.8) is 0 Å². The average Bonchev–Trinajstić information content (AvgIpc) is 3.25. The predicted octanol–water partition coefficient (Wildman–Crippen LogP) is 3.75. The number of benzene rings is 1. The minimum Gasteiger partial charge on any atom is -0.309 e. The number of halogens is 1. The Morgan fingerprint density at radius 1 is 1.24 bits per heavy atom. The van der Waals surface area contributed by atoms with E-state index in [2.05, 4.69) is 27.1 Å². The molecule has 1 heterocycles. The molecule has 0 saturated heterocycles. The van der Waals surface area contributed by atoms with Gasteiger partial charge in [0.05, 0.1) is 34.8 Å². The lowest BCUT2D eigenvalue weighted by Gasteiger charge is -2.21. The maximum Gasteiger partial charge on any atom is 0.233 e. The highest BCUT2D eigenvalue weighted by Crippen LogP contribution is 2.36. The number of sulfone groups is 1. The minimum absolute atomic E-state index is 0.0600. The molecule has 7 nitrogen and oxygen atoms in total. The van der Waals surface area contributed by atoms with Crippen molar-refractivity contribution in [3.05, 3.63) is 46.9 Å². The number of hydrogen-bond acceptors (Lipinski definition) is 6. The number of carbonyl (C=O) groups is 1. The number of rotatable bonds is 7. The molecular weight excluding hydrogens is 460 g/mol. The number of nitrogens with zero attached hydrogens (tertiary/aromatic N) is 3. The molecule has 1 N–H and O–H groups in total. The van der Waals surface area contributed by atoms with E-state index in [1.54, 1.807) is 12.1 Å². The van der Waals surface area contributed by atoms with Gasteiger partial charge in [0.25, 0.3) is 0 Å². The molecule has 1 aliphatic rings. The Morgan fingerprint density at radius 3 is 2.55 bits per heavy atom. The van der Waals surface area contributed by atoms with E-state index in [0.29, 0.717) is 36.0 Å². The van der Waals surface area contributed by atoms with E-state index in [0.717, 1.165) is 31.9 Å². The first-order valence-corrected chi connectivity index (χ1v) is 13.2. The van der Waals surface area contributed by atoms with Crippen LogP contribution >= 0.6 is 11.6 Å². The Balaban J connectivity index is 1.80. The molecule has 0 bridgehead atoms. The highest BCUT2D eigenvalue weighted by atomic mass is 35.5. The third-order valence-electron chi connectivity index (χ3n) is 5.63. The van der Waals surface area contributed by atoms with E-state index in [4.69, 9.17) is 11.6 Å². The first kappa shape index (κ1) is 25.2. The molecular formula is C24H29ClN4O3S. The molecule has 0 aliphatic heterocycles. The van der Waals surface area contributed by atoms with Crippen LogP contribution in [0.15, 0.2) is 35.5 Å². The fourth-order valence-corrected chi connectivity index (χ4v) is 5.30. The van der Waals surface area contributed by atoms with E-state index in [1.807, 2.05) is 19.0 Å². The Kier molecular flexibility index (Phi) is 8.46. The van der Waals surface area contributed by atoms with Gasteiger partial charge in [0.15, 0.2) is 15.7 Å². The Bertz CT molecular complexity index is 1150. The normalized spacial score (nSPS) is 15.2. The second-order valence-electron chi connectivity index (χ2n) is 8.72. The van der Waals surface area contributed by atoms with Gasteiger partial charge in [0.1, 0.15) is 5.69 Å². The molecule has 176 valence electrons. The van der Waals surface area contributed by atoms with Crippen LogP contribution in [-0.4, -0.2) is 56.1 Å². The zero-order valence-electron chi connectivity index (χ0n) is 19.1. The highest BCUT2D eigenvalue weighted by Gasteiger charge is 2.28. The molecule has 0 spiro atoms. The van der Waals surface area contributed by atoms with Crippen LogP contribution in [0.2, 0.25) is 5.02 Å². The summed E-state index contributed by atoms with van der Waals surface area (Å²) in [4.78, 5) is 23.8. The Hall–Kier alpha value is -2.47. The van der Waals surface area contributed by atoms with Gasteiger partial charge in [0.2, 0.25) is 5.91 Å². The zero-order chi connectivity index (χ0) is 24.0. The molecule has 1 amide bonds. The molecule has 1 fully saturated rings. The number of anilines is 1. The van der Waals surface area contributed by atoms with Crippen molar-refractivity contribution >= 4 is 33.2 Å². The fraction of sp³-hybridized carbons (Fsp3) is 0.458. The van der Waals surface area contributed by atoms with Gasteiger partial charge in [-0.3, -0.25) is 9.69 Å². The first-order valence-electron chi connectivity index (χ1n) is 10.9. The monoisotopic (exact) mass is 488 g/mol. The maximum absolute atomic E-state index is 13.3. The summed E-state index contributed by atoms with van der Waals surface area (Å²) in [5, 5.41) is 2.97. The van der Waals surface area contributed by atoms with E-state index >= 15 is 0 Å². The van der Waals surface area contributed by atoms with Gasteiger partial charge >= 0.3 is 0 Å². The van der Waals surface area contributed by atoms with Crippen molar-refractivity contribution in [1.82, 2.24) is 14.9 Å². The number of amides is 1. The Labute approximate surface area is 200 Å². The van der Waals surface area contributed by atoms with E-state index in [-0.39, 0.29) is 15.8 Å². The lowest BCUT2D eigenvalue weighted by molar-refractivity contribution is -0.118. The summed E-state index contributed by atoms with van der Waals surface area (Å²) in [6, 6.07) is 4.74. The summed E-state index contributed by atoms with van der Waals surface area (Å²) in [6.07, 6.45) is 9.29. The fourth-order valence-electron chi connectivity index (χ4n) is 3.97. The van der Waals surface area contributed by atoms with Gasteiger partial charge in [-0.1, -0.05) is 49.3 Å². The van der Waals surface area contributed by atoms with Crippen molar-refractivity contribution in [2.24, 2.45) is 5.92 Å². The summed E-state index contributed by atoms with van der Waals surface area (Å²) in [6.45, 7) is 0.615. The number of carbonyl (C=O) groups excluding carboxylic acids is 1. The van der Waals surface area contributed by atoms with Gasteiger partial charge < -0.3 is 5.32 Å². The third-order valence-corrected chi connectivity index (χ3v) is 7.21. The SMILES string of the molecule is CN(C)CC#Cc1cnc(NC(=O)[C@H](CC2CCCC2)c2ccc(S(C)(=O)=O)c(Cl)c2)cn1. The van der Waals surface area contributed by atoms with Crippen LogP contribution in [-0.2, 0) is 14.6 Å². The van der Waals surface area contributed by atoms with Crippen LogP contribution in [0.5, 0.6) is 0 Å². The molecule has 1 aromatic heterocycles. The van der Waals surface area contributed by atoms with Crippen LogP contribution in [0.4, 0.5) is 5.82 Å². The lowest BCUT2D eigenvalue weighted by Crippen LogP contribution is -2.24. The minimum atomic E-state index is -3.45. The van der Waals surface area contributed by atoms with Crippen molar-refractivity contribution in [1.29, 1.82) is 0 Å². The first-order chi connectivity index (χ1) is 15.6. The van der Waals surface area contributed by atoms with Crippen LogP contribution in [0.25, 0.3) is 0 Å². The summed E-state index contributed by atoms with van der Waals surface area (Å²) >= 11 is 6.27. The molecule has 0 unspecified atom stereocenters. The molecule has 1 aromatic carbocycles. The van der Waals surface area contributed by atoms with E-state index in [1.165, 1.54) is 18.5 Å². The zero-order valence-corrected chi connectivity index (χ0v) is 20.7. The van der Waals surface area contributed by atoms with E-state index in [9.17, 15) is 13.2 Å². The Morgan fingerprint density at radius 2 is 1.97 bits per heavy atom. The van der Waals surface area contributed by atoms with Crippen LogP contribution in [0.1, 0.15) is 49.3 Å². The van der Waals surface area contributed by atoms with Crippen molar-refractivity contribution in [3.8, 4) is 11.8 Å². The van der Waals surface area contributed by atoms with Crippen molar-refractivity contribution in [2.75, 3.05) is 32.2 Å². The topological polar surface area (TPSA) is 92.3 Å². The molecule has 2 aromatic rings. The lowest BCUT2D eigenvalue weighted by atomic mass is 9.87. The smallest absolute Gasteiger partial charge is 0.233 e. The summed E-state index contributed by atoms with van der Waals surface area (Å²) in [5.74, 6) is 6.02. The average molecular weight is 489 g/mol. The largest absolute Gasteiger partial charge is 0.309 e. The van der Waals surface area contributed by atoms with Gasteiger partial charge in [-0.15, -0.1) is 0 Å². The van der Waals surface area contributed by atoms with Gasteiger partial charge in [0, 0.05) is 6.26 Å². The van der Waals surface area contributed by atoms with Crippen LogP contribution < -0.4 is 5.32 Å². The molecule has 0 radical (unpaired) electrons. The quantitative estimate of drug-likeness (QED) is 0.597. The summed E-state index contributed by atoms with van der Waals surface area (Å²) in [5.41, 5.74) is 1.22. The number of aromatic nitrogens is 2. The molecule has 3 rings (SSSR count). The third kappa shape index (κ3) is 7.26. The molecule has 1 atom stereocenters. The van der Waals surface area contributed by atoms with Gasteiger partial charge in [-0.05, 0) is 50.1 Å². The van der Waals surface area contributed by atoms with Crippen molar-refractivity contribution in [2.45, 2.75) is 42.9 Å². The van der Waals surface area contributed by atoms with Gasteiger partial charge in [-0.25, -0.2) is 18.4 Å². The highest BCUT2D eigenvalue weighted by molar-refractivity contribution is 7.90. The molecule has 1 aliphatic carbocycles. The molecule has 33 heavy (non-hydrogen) atoms.